The number of ether oxygens (including phenoxy) is 2. The van der Waals surface area contributed by atoms with Crippen LogP contribution in [0, 0.1) is 0 Å². The van der Waals surface area contributed by atoms with E-state index in [1.165, 1.54) is 0 Å². The Kier molecular flexibility index (Phi) is 5.83. The number of aromatic amines is 1. The number of hydrogen-bond acceptors (Lipinski definition) is 5. The van der Waals surface area contributed by atoms with Gasteiger partial charge in [-0.15, -0.1) is 0 Å². The first-order chi connectivity index (χ1) is 16.5. The Morgan fingerprint density at radius 3 is 2.71 bits per heavy atom. The molecular formula is C25H26N4O5. The first-order valence-electron chi connectivity index (χ1n) is 11.4. The number of para-hydroxylation sites is 3. The Morgan fingerprint density at radius 1 is 1.12 bits per heavy atom. The van der Waals surface area contributed by atoms with E-state index < -0.39 is 18.0 Å². The fourth-order valence-electron chi connectivity index (χ4n) is 4.43. The average molecular weight is 463 g/mol. The highest BCUT2D eigenvalue weighted by Gasteiger charge is 2.40. The first kappa shape index (κ1) is 21.8. The number of benzene rings is 2. The monoisotopic (exact) mass is 462 g/mol. The van der Waals surface area contributed by atoms with E-state index in [2.05, 4.69) is 10.3 Å². The zero-order chi connectivity index (χ0) is 23.7. The summed E-state index contributed by atoms with van der Waals surface area (Å²) in [4.78, 5) is 44.2. The molecule has 3 heterocycles. The highest BCUT2D eigenvalue weighted by molar-refractivity contribution is 6.06. The van der Waals surface area contributed by atoms with Gasteiger partial charge in [-0.1, -0.05) is 30.3 Å². The van der Waals surface area contributed by atoms with Crippen molar-refractivity contribution in [3.63, 3.8) is 0 Å². The number of nitrogens with one attached hydrogen (secondary N) is 2. The number of amides is 4. The Bertz CT molecular complexity index is 1240. The average Bonchev–Trinajstić information content (AvgIpc) is 3.38. The van der Waals surface area contributed by atoms with Crippen molar-refractivity contribution in [2.45, 2.75) is 25.5 Å². The van der Waals surface area contributed by atoms with Gasteiger partial charge in [0.05, 0.1) is 6.54 Å². The second-order valence-corrected chi connectivity index (χ2v) is 8.42. The molecule has 0 saturated carbocycles. The number of fused-ring (bicyclic) bond motifs is 2. The molecule has 0 spiro atoms. The van der Waals surface area contributed by atoms with Crippen molar-refractivity contribution in [3.05, 3.63) is 60.3 Å². The molecule has 4 amide bonds. The van der Waals surface area contributed by atoms with Crippen LogP contribution in [-0.2, 0) is 16.0 Å². The van der Waals surface area contributed by atoms with Gasteiger partial charge < -0.3 is 24.7 Å². The molecule has 176 valence electrons. The molecule has 9 nitrogen and oxygen atoms in total. The Hall–Kier alpha value is -4.01. The molecule has 2 unspecified atom stereocenters. The third kappa shape index (κ3) is 4.16. The van der Waals surface area contributed by atoms with Gasteiger partial charge in [0.15, 0.2) is 17.6 Å². The molecule has 0 radical (unpaired) electrons. The number of carbonyl (C=O) groups is 3. The first-order valence-corrected chi connectivity index (χ1v) is 11.4. The molecule has 1 fully saturated rings. The molecule has 2 aromatic carbocycles. The van der Waals surface area contributed by atoms with Gasteiger partial charge in [0, 0.05) is 30.1 Å². The number of H-pyrrole nitrogens is 1. The van der Waals surface area contributed by atoms with Gasteiger partial charge in [-0.25, -0.2) is 4.79 Å². The lowest BCUT2D eigenvalue weighted by atomic mass is 10.1. The Balaban J connectivity index is 1.21. The Morgan fingerprint density at radius 2 is 1.88 bits per heavy atom. The lowest BCUT2D eigenvalue weighted by Gasteiger charge is -2.31. The SMILES string of the molecule is CCN(CC1COc2ccccc2O1)C(=O)CN1C(=O)NC(Cc2c[nH]c3ccccc23)C1=O. The molecule has 1 aromatic heterocycles. The van der Waals surface area contributed by atoms with Gasteiger partial charge in [-0.2, -0.15) is 0 Å². The summed E-state index contributed by atoms with van der Waals surface area (Å²) in [6.07, 6.45) is 1.86. The molecule has 0 bridgehead atoms. The summed E-state index contributed by atoms with van der Waals surface area (Å²) in [7, 11) is 0. The van der Waals surface area contributed by atoms with E-state index >= 15 is 0 Å². The molecule has 2 aliphatic rings. The standard InChI is InChI=1S/C25H26N4O5/c1-2-28(13-17-15-33-21-9-5-6-10-22(21)34-17)23(30)14-29-24(31)20(27-25(29)32)11-16-12-26-19-8-4-3-7-18(16)19/h3-10,12,17,20,26H,2,11,13-15H2,1H3,(H,27,32). The van der Waals surface area contributed by atoms with Gasteiger partial charge in [0.1, 0.15) is 19.2 Å². The molecule has 3 aromatic rings. The quantitative estimate of drug-likeness (QED) is 0.525. The molecule has 1 saturated heterocycles. The van der Waals surface area contributed by atoms with E-state index in [-0.39, 0.29) is 18.6 Å². The lowest BCUT2D eigenvalue weighted by molar-refractivity contribution is -0.138. The van der Waals surface area contributed by atoms with Crippen LogP contribution in [0.25, 0.3) is 10.9 Å². The number of nitrogens with zero attached hydrogens (tertiary/aromatic N) is 2. The van der Waals surface area contributed by atoms with Gasteiger partial charge >= 0.3 is 6.03 Å². The second-order valence-electron chi connectivity index (χ2n) is 8.42. The summed E-state index contributed by atoms with van der Waals surface area (Å²) in [6, 6.07) is 13.9. The van der Waals surface area contributed by atoms with Crippen molar-refractivity contribution in [1.29, 1.82) is 0 Å². The van der Waals surface area contributed by atoms with Crippen LogP contribution in [0.5, 0.6) is 11.5 Å². The maximum atomic E-state index is 13.0. The zero-order valence-corrected chi connectivity index (χ0v) is 18.8. The lowest BCUT2D eigenvalue weighted by Crippen LogP contribution is -2.48. The summed E-state index contributed by atoms with van der Waals surface area (Å²) in [5.74, 6) is 0.595. The minimum atomic E-state index is -0.707. The van der Waals surface area contributed by atoms with Crippen LogP contribution in [0.3, 0.4) is 0 Å². The number of rotatable bonds is 7. The summed E-state index contributed by atoms with van der Waals surface area (Å²) in [6.45, 7) is 2.57. The maximum absolute atomic E-state index is 13.0. The van der Waals surface area contributed by atoms with Crippen LogP contribution in [0.4, 0.5) is 4.79 Å². The van der Waals surface area contributed by atoms with Crippen LogP contribution < -0.4 is 14.8 Å². The van der Waals surface area contributed by atoms with Crippen molar-refractivity contribution in [2.75, 3.05) is 26.2 Å². The topological polar surface area (TPSA) is 104 Å². The van der Waals surface area contributed by atoms with Crippen LogP contribution in [0.1, 0.15) is 12.5 Å². The summed E-state index contributed by atoms with van der Waals surface area (Å²) in [5, 5.41) is 3.73. The van der Waals surface area contributed by atoms with Gasteiger partial charge in [-0.3, -0.25) is 14.5 Å². The van der Waals surface area contributed by atoms with E-state index in [4.69, 9.17) is 9.47 Å². The van der Waals surface area contributed by atoms with E-state index in [0.29, 0.717) is 37.6 Å². The number of hydrogen-bond donors (Lipinski definition) is 2. The normalized spacial score (nSPS) is 19.4. The molecule has 2 atom stereocenters. The molecule has 9 heteroatoms. The fourth-order valence-corrected chi connectivity index (χ4v) is 4.43. The third-order valence-corrected chi connectivity index (χ3v) is 6.23. The van der Waals surface area contributed by atoms with Crippen LogP contribution in [0.15, 0.2) is 54.7 Å². The van der Waals surface area contributed by atoms with Crippen molar-refractivity contribution in [1.82, 2.24) is 20.1 Å². The van der Waals surface area contributed by atoms with Gasteiger partial charge in [0.2, 0.25) is 5.91 Å². The highest BCUT2D eigenvalue weighted by Crippen LogP contribution is 2.31. The zero-order valence-electron chi connectivity index (χ0n) is 18.8. The van der Waals surface area contributed by atoms with Crippen molar-refractivity contribution >= 4 is 28.7 Å². The van der Waals surface area contributed by atoms with Crippen molar-refractivity contribution in [2.24, 2.45) is 0 Å². The third-order valence-electron chi connectivity index (χ3n) is 6.23. The van der Waals surface area contributed by atoms with Crippen LogP contribution >= 0.6 is 0 Å². The number of aromatic nitrogens is 1. The fraction of sp³-hybridized carbons (Fsp3) is 0.320. The van der Waals surface area contributed by atoms with Gasteiger partial charge in [0.25, 0.3) is 5.91 Å². The number of imide groups is 1. The van der Waals surface area contributed by atoms with E-state index in [1.807, 2.05) is 61.7 Å². The van der Waals surface area contributed by atoms with Crippen LogP contribution in [-0.4, -0.2) is 71.0 Å². The second kappa shape index (κ2) is 9.09. The smallest absolute Gasteiger partial charge is 0.325 e. The maximum Gasteiger partial charge on any atom is 0.325 e. The molecule has 0 aliphatic carbocycles. The predicted octanol–water partition coefficient (Wildman–Crippen LogP) is 2.32. The molecule has 34 heavy (non-hydrogen) atoms. The highest BCUT2D eigenvalue weighted by atomic mass is 16.6. The van der Waals surface area contributed by atoms with E-state index in [0.717, 1.165) is 21.4 Å². The largest absolute Gasteiger partial charge is 0.486 e. The molecule has 2 N–H and O–H groups in total. The van der Waals surface area contributed by atoms with Gasteiger partial charge in [-0.05, 0) is 30.7 Å². The minimum Gasteiger partial charge on any atom is -0.486 e. The molecule has 5 rings (SSSR count). The minimum absolute atomic E-state index is 0.298. The summed E-state index contributed by atoms with van der Waals surface area (Å²) >= 11 is 0. The van der Waals surface area contributed by atoms with E-state index in [1.54, 1.807) is 4.90 Å². The van der Waals surface area contributed by atoms with Crippen molar-refractivity contribution < 1.29 is 23.9 Å². The number of carbonyl (C=O) groups excluding carboxylic acids is 3. The predicted molar refractivity (Wildman–Crippen MR) is 125 cm³/mol. The number of urea groups is 1. The van der Waals surface area contributed by atoms with Crippen LogP contribution in [0.2, 0.25) is 0 Å². The summed E-state index contributed by atoms with van der Waals surface area (Å²) in [5.41, 5.74) is 1.91. The molecular weight excluding hydrogens is 436 g/mol. The summed E-state index contributed by atoms with van der Waals surface area (Å²) < 4.78 is 11.7. The Labute approximate surface area is 196 Å². The van der Waals surface area contributed by atoms with E-state index in [9.17, 15) is 14.4 Å². The van der Waals surface area contributed by atoms with Crippen molar-refractivity contribution in [3.8, 4) is 11.5 Å². The number of likely N-dealkylation sites (N-methyl/N-ethyl adjacent to an activating group) is 1. The molecule has 2 aliphatic heterocycles.